The van der Waals surface area contributed by atoms with Crippen LogP contribution in [0.25, 0.3) is 11.4 Å². The molecule has 2 aromatic heterocycles. The summed E-state index contributed by atoms with van der Waals surface area (Å²) >= 11 is 0. The van der Waals surface area contributed by atoms with E-state index in [9.17, 15) is 4.79 Å². The van der Waals surface area contributed by atoms with Gasteiger partial charge in [-0.3, -0.25) is 9.78 Å². The van der Waals surface area contributed by atoms with Gasteiger partial charge in [0.15, 0.2) is 0 Å². The van der Waals surface area contributed by atoms with Gasteiger partial charge in [0.25, 0.3) is 0 Å². The highest BCUT2D eigenvalue weighted by Crippen LogP contribution is 2.67. The third-order valence-electron chi connectivity index (χ3n) is 6.88. The fourth-order valence-electron chi connectivity index (χ4n) is 5.22. The summed E-state index contributed by atoms with van der Waals surface area (Å²) in [5.41, 5.74) is 4.63. The molecule has 6 heteroatoms. The standard InChI is InChI=1S/C22H26N4O2/c1-3-6-18(27)26-10-7-16-15(13-26)12-23-14(2)19(16)20-24-21(28-25-20)17-11-22(17)8-4-5-9-22/h3,12,17H,1,4-11,13H2,2H3. The number of carbonyl (C=O) groups is 1. The van der Waals surface area contributed by atoms with E-state index in [-0.39, 0.29) is 5.91 Å². The minimum Gasteiger partial charge on any atom is -0.339 e. The van der Waals surface area contributed by atoms with Gasteiger partial charge in [-0.15, -0.1) is 6.58 Å². The van der Waals surface area contributed by atoms with Crippen molar-refractivity contribution in [3.8, 4) is 11.4 Å². The molecular weight excluding hydrogens is 352 g/mol. The molecule has 2 saturated carbocycles. The maximum absolute atomic E-state index is 12.2. The van der Waals surface area contributed by atoms with E-state index in [0.717, 1.165) is 29.1 Å². The second-order valence-corrected chi connectivity index (χ2v) is 8.56. The van der Waals surface area contributed by atoms with Crippen molar-refractivity contribution in [2.45, 2.75) is 64.3 Å². The number of carbonyl (C=O) groups excluding carboxylic acids is 1. The van der Waals surface area contributed by atoms with E-state index in [4.69, 9.17) is 9.51 Å². The Morgan fingerprint density at radius 1 is 1.43 bits per heavy atom. The number of aryl methyl sites for hydroxylation is 1. The van der Waals surface area contributed by atoms with E-state index in [0.29, 0.717) is 36.7 Å². The predicted octanol–water partition coefficient (Wildman–Crippen LogP) is 3.95. The van der Waals surface area contributed by atoms with E-state index in [1.807, 2.05) is 18.0 Å². The van der Waals surface area contributed by atoms with Gasteiger partial charge in [0.2, 0.25) is 17.6 Å². The molecule has 0 saturated heterocycles. The van der Waals surface area contributed by atoms with Gasteiger partial charge in [0, 0.05) is 42.9 Å². The Morgan fingerprint density at radius 2 is 2.25 bits per heavy atom. The molecule has 1 aliphatic heterocycles. The van der Waals surface area contributed by atoms with Gasteiger partial charge in [0.1, 0.15) is 0 Å². The van der Waals surface area contributed by atoms with Gasteiger partial charge in [0.05, 0.1) is 0 Å². The maximum Gasteiger partial charge on any atom is 0.230 e. The second-order valence-electron chi connectivity index (χ2n) is 8.56. The topological polar surface area (TPSA) is 72.1 Å². The maximum atomic E-state index is 12.2. The Labute approximate surface area is 165 Å². The molecule has 146 valence electrons. The number of amides is 1. The summed E-state index contributed by atoms with van der Waals surface area (Å²) in [6.07, 6.45) is 11.1. The Bertz CT molecular complexity index is 942. The Kier molecular flexibility index (Phi) is 4.11. The molecule has 0 aromatic carbocycles. The van der Waals surface area contributed by atoms with Crippen LogP contribution in [0.15, 0.2) is 23.4 Å². The first-order valence-electron chi connectivity index (χ1n) is 10.3. The number of fused-ring (bicyclic) bond motifs is 1. The molecule has 0 bridgehead atoms. The molecule has 3 aliphatic rings. The minimum absolute atomic E-state index is 0.111. The van der Waals surface area contributed by atoms with Crippen molar-refractivity contribution >= 4 is 5.91 Å². The first kappa shape index (κ1) is 17.6. The summed E-state index contributed by atoms with van der Waals surface area (Å²) in [5.74, 6) is 2.01. The third kappa shape index (κ3) is 2.77. The van der Waals surface area contributed by atoms with E-state index in [1.54, 1.807) is 6.08 Å². The summed E-state index contributed by atoms with van der Waals surface area (Å²) < 4.78 is 5.70. The van der Waals surface area contributed by atoms with Gasteiger partial charge in [-0.2, -0.15) is 4.98 Å². The average Bonchev–Trinajstić information content (AvgIpc) is 3.02. The highest BCUT2D eigenvalue weighted by molar-refractivity contribution is 5.78. The van der Waals surface area contributed by atoms with Crippen LogP contribution in [-0.4, -0.2) is 32.5 Å². The summed E-state index contributed by atoms with van der Waals surface area (Å²) in [7, 11) is 0. The second kappa shape index (κ2) is 6.54. The molecule has 0 N–H and O–H groups in total. The molecule has 2 aromatic rings. The van der Waals surface area contributed by atoms with Crippen molar-refractivity contribution in [3.05, 3.63) is 41.6 Å². The van der Waals surface area contributed by atoms with Crippen molar-refractivity contribution in [1.29, 1.82) is 0 Å². The van der Waals surface area contributed by atoms with Gasteiger partial charge in [-0.05, 0) is 49.1 Å². The zero-order valence-corrected chi connectivity index (χ0v) is 16.4. The number of hydrogen-bond acceptors (Lipinski definition) is 5. The first-order chi connectivity index (χ1) is 13.6. The quantitative estimate of drug-likeness (QED) is 0.753. The predicted molar refractivity (Wildman–Crippen MR) is 104 cm³/mol. The van der Waals surface area contributed by atoms with Crippen LogP contribution in [0.5, 0.6) is 0 Å². The van der Waals surface area contributed by atoms with Crippen molar-refractivity contribution in [2.75, 3.05) is 6.54 Å². The van der Waals surface area contributed by atoms with Crippen molar-refractivity contribution in [1.82, 2.24) is 20.0 Å². The molecule has 3 heterocycles. The highest BCUT2D eigenvalue weighted by Gasteiger charge is 2.58. The molecule has 28 heavy (non-hydrogen) atoms. The largest absolute Gasteiger partial charge is 0.339 e. The zero-order valence-electron chi connectivity index (χ0n) is 16.4. The highest BCUT2D eigenvalue weighted by atomic mass is 16.5. The number of rotatable bonds is 4. The fourth-order valence-corrected chi connectivity index (χ4v) is 5.22. The number of nitrogens with zero attached hydrogens (tertiary/aromatic N) is 4. The normalized spacial score (nSPS) is 22.3. The van der Waals surface area contributed by atoms with Crippen LogP contribution >= 0.6 is 0 Å². The number of aromatic nitrogens is 3. The van der Waals surface area contributed by atoms with Crippen LogP contribution in [0.2, 0.25) is 0 Å². The Balaban J connectivity index is 1.43. The summed E-state index contributed by atoms with van der Waals surface area (Å²) in [5, 5.41) is 4.33. The lowest BCUT2D eigenvalue weighted by atomic mass is 9.94. The Hall–Kier alpha value is -2.50. The lowest BCUT2D eigenvalue weighted by molar-refractivity contribution is -0.131. The monoisotopic (exact) mass is 378 g/mol. The molecule has 2 aliphatic carbocycles. The Morgan fingerprint density at radius 3 is 3.04 bits per heavy atom. The molecule has 1 atom stereocenters. The van der Waals surface area contributed by atoms with Crippen molar-refractivity contribution in [2.24, 2.45) is 5.41 Å². The number of pyridine rings is 1. The van der Waals surface area contributed by atoms with Crippen molar-refractivity contribution in [3.63, 3.8) is 0 Å². The van der Waals surface area contributed by atoms with E-state index in [1.165, 1.54) is 37.7 Å². The SMILES string of the molecule is C=CCC(=O)N1CCc2c(cnc(C)c2-c2noc(C3CC34CCCC4)n2)C1. The molecule has 1 amide bonds. The van der Waals surface area contributed by atoms with Crippen LogP contribution in [0.3, 0.4) is 0 Å². The van der Waals surface area contributed by atoms with Crippen LogP contribution in [0, 0.1) is 12.3 Å². The summed E-state index contributed by atoms with van der Waals surface area (Å²) in [4.78, 5) is 23.5. The molecule has 1 unspecified atom stereocenters. The van der Waals surface area contributed by atoms with Gasteiger partial charge in [-0.25, -0.2) is 0 Å². The van der Waals surface area contributed by atoms with E-state index in [2.05, 4.69) is 16.7 Å². The molecule has 5 rings (SSSR count). The minimum atomic E-state index is 0.111. The van der Waals surface area contributed by atoms with E-state index < -0.39 is 0 Å². The molecule has 1 spiro atoms. The third-order valence-corrected chi connectivity index (χ3v) is 6.88. The first-order valence-corrected chi connectivity index (χ1v) is 10.3. The van der Waals surface area contributed by atoms with Crippen LogP contribution in [-0.2, 0) is 17.8 Å². The lowest BCUT2D eigenvalue weighted by Crippen LogP contribution is -2.36. The summed E-state index contributed by atoms with van der Waals surface area (Å²) in [6, 6.07) is 0. The smallest absolute Gasteiger partial charge is 0.230 e. The fraction of sp³-hybridized carbons (Fsp3) is 0.545. The van der Waals surface area contributed by atoms with Gasteiger partial charge < -0.3 is 9.42 Å². The molecular formula is C22H26N4O2. The van der Waals surface area contributed by atoms with E-state index >= 15 is 0 Å². The van der Waals surface area contributed by atoms with Crippen LogP contribution < -0.4 is 0 Å². The molecule has 2 fully saturated rings. The van der Waals surface area contributed by atoms with Crippen LogP contribution in [0.4, 0.5) is 0 Å². The zero-order chi connectivity index (χ0) is 19.3. The molecule has 0 radical (unpaired) electrons. The van der Waals surface area contributed by atoms with Gasteiger partial charge >= 0.3 is 0 Å². The van der Waals surface area contributed by atoms with Gasteiger partial charge in [-0.1, -0.05) is 24.1 Å². The van der Waals surface area contributed by atoms with Crippen molar-refractivity contribution < 1.29 is 9.32 Å². The summed E-state index contributed by atoms with van der Waals surface area (Å²) in [6.45, 7) is 6.95. The average molecular weight is 378 g/mol. The van der Waals surface area contributed by atoms with Crippen LogP contribution in [0.1, 0.15) is 67.2 Å². The number of hydrogen-bond donors (Lipinski definition) is 0. The lowest BCUT2D eigenvalue weighted by Gasteiger charge is -2.29. The molecule has 6 nitrogen and oxygen atoms in total.